The van der Waals surface area contributed by atoms with Crippen molar-refractivity contribution < 1.29 is 14.3 Å². The van der Waals surface area contributed by atoms with E-state index in [1.165, 1.54) is 7.11 Å². The summed E-state index contributed by atoms with van der Waals surface area (Å²) in [4.78, 5) is 13.2. The highest BCUT2D eigenvalue weighted by atomic mass is 79.9. The fourth-order valence-electron chi connectivity index (χ4n) is 1.93. The Hall–Kier alpha value is -1.37. The maximum atomic E-state index is 12.0. The summed E-state index contributed by atoms with van der Waals surface area (Å²) in [6.07, 6.45) is 0. The summed E-state index contributed by atoms with van der Waals surface area (Å²) in [5.41, 5.74) is 0.825. The number of esters is 1. The molecule has 0 aliphatic heterocycles. The Morgan fingerprint density at radius 2 is 2.19 bits per heavy atom. The second-order valence-electron chi connectivity index (χ2n) is 4.31. The summed E-state index contributed by atoms with van der Waals surface area (Å²) in [5, 5.41) is 5.24. The molecule has 0 bridgehead atoms. The molecule has 1 unspecified atom stereocenters. The molecule has 1 heterocycles. The van der Waals surface area contributed by atoms with Crippen molar-refractivity contribution in [3.8, 4) is 5.75 Å². The van der Waals surface area contributed by atoms with E-state index in [2.05, 4.69) is 21.2 Å². The Balaban J connectivity index is 2.19. The van der Waals surface area contributed by atoms with Gasteiger partial charge in [0.25, 0.3) is 0 Å². The number of ether oxygens (including phenoxy) is 2. The van der Waals surface area contributed by atoms with Gasteiger partial charge in [0.2, 0.25) is 0 Å². The largest absolute Gasteiger partial charge is 0.496 e. The van der Waals surface area contributed by atoms with Crippen molar-refractivity contribution in [1.29, 1.82) is 0 Å². The van der Waals surface area contributed by atoms with E-state index in [0.717, 1.165) is 20.7 Å². The van der Waals surface area contributed by atoms with Crippen molar-refractivity contribution in [3.05, 3.63) is 50.6 Å². The van der Waals surface area contributed by atoms with Gasteiger partial charge in [0.15, 0.2) is 0 Å². The second-order valence-corrected chi connectivity index (χ2v) is 6.20. The van der Waals surface area contributed by atoms with Crippen LogP contribution in [0.25, 0.3) is 0 Å². The quantitative estimate of drug-likeness (QED) is 0.791. The summed E-state index contributed by atoms with van der Waals surface area (Å²) in [6, 6.07) is 9.03. The first kappa shape index (κ1) is 16.0. The molecular formula is C15H16BrNO3S. The van der Waals surface area contributed by atoms with E-state index >= 15 is 0 Å². The fraction of sp³-hybridized carbons (Fsp3) is 0.267. The molecule has 0 spiro atoms. The number of rotatable bonds is 6. The predicted octanol–water partition coefficient (Wildman–Crippen LogP) is 3.52. The van der Waals surface area contributed by atoms with E-state index in [4.69, 9.17) is 9.47 Å². The van der Waals surface area contributed by atoms with Gasteiger partial charge in [-0.25, -0.2) is 4.79 Å². The Morgan fingerprint density at radius 1 is 1.38 bits per heavy atom. The standard InChI is InChI=1S/C15H16BrNO3S/c1-19-13-6-5-10(8-12(13)16)14(15(18)20-2)17-9-11-4-3-7-21-11/h3-8,14,17H,9H2,1-2H3. The highest BCUT2D eigenvalue weighted by Crippen LogP contribution is 2.28. The normalized spacial score (nSPS) is 12.0. The van der Waals surface area contributed by atoms with E-state index in [1.54, 1.807) is 18.4 Å². The van der Waals surface area contributed by atoms with E-state index in [0.29, 0.717) is 6.54 Å². The van der Waals surface area contributed by atoms with Crippen LogP contribution < -0.4 is 10.1 Å². The van der Waals surface area contributed by atoms with E-state index < -0.39 is 6.04 Å². The first-order valence-corrected chi connectivity index (χ1v) is 8.00. The molecule has 0 saturated heterocycles. The number of benzene rings is 1. The van der Waals surface area contributed by atoms with Crippen molar-refractivity contribution in [2.45, 2.75) is 12.6 Å². The molecule has 0 aliphatic carbocycles. The van der Waals surface area contributed by atoms with Crippen LogP contribution in [0.4, 0.5) is 0 Å². The summed E-state index contributed by atoms with van der Waals surface area (Å²) in [6.45, 7) is 0.612. The van der Waals surface area contributed by atoms with Crippen LogP contribution in [0, 0.1) is 0 Å². The van der Waals surface area contributed by atoms with Gasteiger partial charge in [-0.3, -0.25) is 5.32 Å². The van der Waals surface area contributed by atoms with Crippen molar-refractivity contribution in [2.24, 2.45) is 0 Å². The molecule has 2 rings (SSSR count). The molecule has 0 aliphatic rings. The fourth-order valence-corrected chi connectivity index (χ4v) is 3.15. The number of hydrogen-bond acceptors (Lipinski definition) is 5. The maximum absolute atomic E-state index is 12.0. The first-order chi connectivity index (χ1) is 10.2. The smallest absolute Gasteiger partial charge is 0.327 e. The minimum Gasteiger partial charge on any atom is -0.496 e. The van der Waals surface area contributed by atoms with Crippen LogP contribution in [0.2, 0.25) is 0 Å². The molecule has 0 saturated carbocycles. The van der Waals surface area contributed by atoms with Crippen LogP contribution in [-0.4, -0.2) is 20.2 Å². The minimum atomic E-state index is -0.515. The van der Waals surface area contributed by atoms with Gasteiger partial charge in [-0.2, -0.15) is 0 Å². The zero-order valence-corrected chi connectivity index (χ0v) is 14.2. The third-order valence-electron chi connectivity index (χ3n) is 3.01. The van der Waals surface area contributed by atoms with Gasteiger partial charge in [-0.15, -0.1) is 11.3 Å². The zero-order valence-electron chi connectivity index (χ0n) is 11.8. The van der Waals surface area contributed by atoms with Crippen molar-refractivity contribution in [1.82, 2.24) is 5.32 Å². The number of hydrogen-bond donors (Lipinski definition) is 1. The first-order valence-electron chi connectivity index (χ1n) is 6.32. The molecule has 21 heavy (non-hydrogen) atoms. The van der Waals surface area contributed by atoms with E-state index in [9.17, 15) is 4.79 Å². The molecule has 2 aromatic rings. The minimum absolute atomic E-state index is 0.316. The molecule has 1 N–H and O–H groups in total. The summed E-state index contributed by atoms with van der Waals surface area (Å²) in [7, 11) is 2.99. The molecule has 1 aromatic carbocycles. The van der Waals surface area contributed by atoms with Gasteiger partial charge in [0.1, 0.15) is 11.8 Å². The Bertz CT molecular complexity index is 601. The van der Waals surface area contributed by atoms with Gasteiger partial charge in [0, 0.05) is 11.4 Å². The van der Waals surface area contributed by atoms with Gasteiger partial charge in [-0.05, 0) is 45.1 Å². The van der Waals surface area contributed by atoms with Crippen LogP contribution in [-0.2, 0) is 16.1 Å². The van der Waals surface area contributed by atoms with Gasteiger partial charge in [-0.1, -0.05) is 12.1 Å². The molecule has 0 amide bonds. The average Bonchev–Trinajstić information content (AvgIpc) is 3.00. The molecule has 1 aromatic heterocycles. The lowest BCUT2D eigenvalue weighted by Crippen LogP contribution is -2.29. The van der Waals surface area contributed by atoms with Crippen LogP contribution in [0.15, 0.2) is 40.2 Å². The lowest BCUT2D eigenvalue weighted by molar-refractivity contribution is -0.143. The number of halogens is 1. The summed E-state index contributed by atoms with van der Waals surface area (Å²) < 4.78 is 10.9. The molecule has 0 fully saturated rings. The van der Waals surface area contributed by atoms with Crippen molar-refractivity contribution >= 4 is 33.2 Å². The Kier molecular flexibility index (Phi) is 5.78. The number of thiophene rings is 1. The summed E-state index contributed by atoms with van der Waals surface area (Å²) in [5.74, 6) is 0.407. The maximum Gasteiger partial charge on any atom is 0.327 e. The van der Waals surface area contributed by atoms with Crippen LogP contribution in [0.1, 0.15) is 16.5 Å². The monoisotopic (exact) mass is 369 g/mol. The number of carbonyl (C=O) groups excluding carboxylic acids is 1. The third-order valence-corrected chi connectivity index (χ3v) is 4.50. The Morgan fingerprint density at radius 3 is 2.76 bits per heavy atom. The van der Waals surface area contributed by atoms with Gasteiger partial charge < -0.3 is 9.47 Å². The molecule has 4 nitrogen and oxygen atoms in total. The zero-order chi connectivity index (χ0) is 15.2. The number of nitrogens with one attached hydrogen (secondary N) is 1. The molecule has 0 radical (unpaired) electrons. The highest BCUT2D eigenvalue weighted by molar-refractivity contribution is 9.10. The van der Waals surface area contributed by atoms with E-state index in [-0.39, 0.29) is 5.97 Å². The van der Waals surface area contributed by atoms with Crippen molar-refractivity contribution in [3.63, 3.8) is 0 Å². The average molecular weight is 370 g/mol. The number of carbonyl (C=O) groups is 1. The molecular weight excluding hydrogens is 354 g/mol. The van der Waals surface area contributed by atoms with Crippen molar-refractivity contribution in [2.75, 3.05) is 14.2 Å². The van der Waals surface area contributed by atoms with Gasteiger partial charge in [0.05, 0.1) is 18.7 Å². The lowest BCUT2D eigenvalue weighted by atomic mass is 10.1. The second kappa shape index (κ2) is 7.59. The van der Waals surface area contributed by atoms with Crippen LogP contribution in [0.3, 0.4) is 0 Å². The Labute approximate surface area is 136 Å². The molecule has 1 atom stereocenters. The van der Waals surface area contributed by atoms with Crippen LogP contribution >= 0.6 is 27.3 Å². The predicted molar refractivity (Wildman–Crippen MR) is 86.6 cm³/mol. The number of methoxy groups -OCH3 is 2. The van der Waals surface area contributed by atoms with Crippen LogP contribution in [0.5, 0.6) is 5.75 Å². The molecule has 6 heteroatoms. The lowest BCUT2D eigenvalue weighted by Gasteiger charge is -2.17. The topological polar surface area (TPSA) is 47.6 Å². The third kappa shape index (κ3) is 4.06. The molecule has 112 valence electrons. The van der Waals surface area contributed by atoms with E-state index in [1.807, 2.05) is 35.7 Å². The summed E-state index contributed by atoms with van der Waals surface area (Å²) >= 11 is 5.08. The van der Waals surface area contributed by atoms with Gasteiger partial charge >= 0.3 is 5.97 Å². The highest BCUT2D eigenvalue weighted by Gasteiger charge is 2.22. The SMILES string of the molecule is COC(=O)C(NCc1cccs1)c1ccc(OC)c(Br)c1.